The lowest BCUT2D eigenvalue weighted by Crippen LogP contribution is -2.21. The summed E-state index contributed by atoms with van der Waals surface area (Å²) in [5.41, 5.74) is 0.956. The Morgan fingerprint density at radius 2 is 1.85 bits per heavy atom. The number of nitrogens with zero attached hydrogens (tertiary/aromatic N) is 1. The van der Waals surface area contributed by atoms with Crippen LogP contribution in [0.25, 0.3) is 0 Å². The maximum absolute atomic E-state index is 11.6. The fourth-order valence-corrected chi connectivity index (χ4v) is 4.44. The van der Waals surface area contributed by atoms with Gasteiger partial charge in [0.05, 0.1) is 11.5 Å². The minimum atomic E-state index is -4.02. The Kier molecular flexibility index (Phi) is 16.5. The van der Waals surface area contributed by atoms with Crippen molar-refractivity contribution in [3.63, 3.8) is 0 Å². The van der Waals surface area contributed by atoms with Crippen molar-refractivity contribution in [2.24, 2.45) is 5.92 Å². The standard InChI is InChI=1S/C19H32INO2.C7H8O3S/c1-2-3-4-8-16-23-19(22)11-6-5-7-14-21-15-12-18(17-21)10-9-13-20;1-6-2-4-7(5-3-6)11(8,9)10/h18H,2-8,10-12,14-17H2,1H3;2-5H,1H3,(H,8,9,10). The second-order valence-corrected chi connectivity index (χ2v) is 10.8. The van der Waals surface area contributed by atoms with E-state index in [4.69, 9.17) is 9.29 Å². The summed E-state index contributed by atoms with van der Waals surface area (Å²) in [6, 6.07) is 5.99. The molecule has 0 aromatic heterocycles. The number of hydrogen-bond acceptors (Lipinski definition) is 5. The number of hydrogen-bond donors (Lipinski definition) is 1. The molecule has 1 aromatic carbocycles. The van der Waals surface area contributed by atoms with Gasteiger partial charge in [0.1, 0.15) is 0 Å². The second-order valence-electron chi connectivity index (χ2n) is 8.81. The van der Waals surface area contributed by atoms with E-state index in [-0.39, 0.29) is 10.9 Å². The predicted octanol–water partition coefficient (Wildman–Crippen LogP) is 6.02. The molecule has 1 N–H and O–H groups in total. The number of ether oxygens (including phenoxy) is 1. The molecule has 192 valence electrons. The van der Waals surface area contributed by atoms with Gasteiger partial charge in [-0.05, 0) is 67.7 Å². The normalized spacial score (nSPS) is 15.7. The molecule has 34 heavy (non-hydrogen) atoms. The van der Waals surface area contributed by atoms with Crippen LogP contribution in [0.5, 0.6) is 0 Å². The number of benzene rings is 1. The third-order valence-corrected chi connectivity index (χ3v) is 7.01. The molecule has 1 heterocycles. The number of esters is 1. The lowest BCUT2D eigenvalue weighted by molar-refractivity contribution is -0.143. The molecule has 1 atom stereocenters. The van der Waals surface area contributed by atoms with Crippen LogP contribution in [0.3, 0.4) is 0 Å². The first-order valence-electron chi connectivity index (χ1n) is 12.3. The highest BCUT2D eigenvalue weighted by molar-refractivity contribution is 14.1. The Balaban J connectivity index is 0.000000437. The second kappa shape index (κ2) is 18.2. The van der Waals surface area contributed by atoms with Crippen molar-refractivity contribution >= 4 is 38.7 Å². The van der Waals surface area contributed by atoms with Crippen molar-refractivity contribution < 1.29 is 22.5 Å². The molecule has 1 aliphatic rings. The van der Waals surface area contributed by atoms with Crippen LogP contribution in [-0.2, 0) is 19.6 Å². The summed E-state index contributed by atoms with van der Waals surface area (Å²) in [5, 5.41) is 0. The Labute approximate surface area is 220 Å². The molecule has 1 saturated heterocycles. The van der Waals surface area contributed by atoms with E-state index in [2.05, 4.69) is 44.3 Å². The minimum absolute atomic E-state index is 0.0138. The quantitative estimate of drug-likeness (QED) is 0.0974. The van der Waals surface area contributed by atoms with Gasteiger partial charge in [-0.1, -0.05) is 56.2 Å². The van der Waals surface area contributed by atoms with E-state index >= 15 is 0 Å². The highest BCUT2D eigenvalue weighted by atomic mass is 127. The molecule has 1 fully saturated rings. The van der Waals surface area contributed by atoms with Gasteiger partial charge in [0.25, 0.3) is 10.1 Å². The highest BCUT2D eigenvalue weighted by Gasteiger charge is 2.20. The Morgan fingerprint density at radius 1 is 1.15 bits per heavy atom. The van der Waals surface area contributed by atoms with Gasteiger partial charge in [0, 0.05) is 42.0 Å². The summed E-state index contributed by atoms with van der Waals surface area (Å²) in [5.74, 6) is 3.94. The van der Waals surface area contributed by atoms with Crippen molar-refractivity contribution in [3.8, 4) is 9.85 Å². The van der Waals surface area contributed by atoms with Gasteiger partial charge in [0.2, 0.25) is 0 Å². The molecule has 0 amide bonds. The molecule has 6 nitrogen and oxygen atoms in total. The fourth-order valence-electron chi connectivity index (χ4n) is 3.74. The summed E-state index contributed by atoms with van der Waals surface area (Å²) in [7, 11) is -4.02. The van der Waals surface area contributed by atoms with Gasteiger partial charge in [-0.2, -0.15) is 8.42 Å². The van der Waals surface area contributed by atoms with Gasteiger partial charge in [-0.25, -0.2) is 0 Å². The SMILES string of the molecule is CCCCCCOC(=O)CCCCCN1CCC(CC#CI)C1.Cc1ccc(S(=O)(=O)O)cc1. The Bertz CT molecular complexity index is 861. The van der Waals surface area contributed by atoms with E-state index < -0.39 is 10.1 Å². The lowest BCUT2D eigenvalue weighted by Gasteiger charge is -2.15. The third-order valence-electron chi connectivity index (χ3n) is 5.76. The summed E-state index contributed by atoms with van der Waals surface area (Å²) in [4.78, 5) is 14.1. The van der Waals surface area contributed by atoms with E-state index in [1.165, 1.54) is 63.9 Å². The molecule has 1 aromatic rings. The average Bonchev–Trinajstić information content (AvgIpc) is 3.25. The summed E-state index contributed by atoms with van der Waals surface area (Å²) in [6.07, 6.45) is 10.8. The molecule has 2 rings (SSSR count). The van der Waals surface area contributed by atoms with Crippen molar-refractivity contribution in [3.05, 3.63) is 29.8 Å². The van der Waals surface area contributed by atoms with Crippen LogP contribution in [0.2, 0.25) is 0 Å². The fraction of sp³-hybridized carbons (Fsp3) is 0.654. The average molecular weight is 606 g/mol. The van der Waals surface area contributed by atoms with E-state index in [1.54, 1.807) is 12.1 Å². The topological polar surface area (TPSA) is 83.9 Å². The van der Waals surface area contributed by atoms with Crippen LogP contribution in [0.15, 0.2) is 29.2 Å². The highest BCUT2D eigenvalue weighted by Crippen LogP contribution is 2.19. The smallest absolute Gasteiger partial charge is 0.305 e. The first kappa shape index (κ1) is 30.9. The molecular weight excluding hydrogens is 565 g/mol. The third kappa shape index (κ3) is 15.0. The van der Waals surface area contributed by atoms with Crippen LogP contribution in [0, 0.1) is 22.7 Å². The number of carbonyl (C=O) groups excluding carboxylic acids is 1. The van der Waals surface area contributed by atoms with E-state index in [1.807, 2.05) is 6.92 Å². The molecule has 8 heteroatoms. The van der Waals surface area contributed by atoms with E-state index in [9.17, 15) is 13.2 Å². The first-order valence-corrected chi connectivity index (χ1v) is 14.8. The van der Waals surface area contributed by atoms with Gasteiger partial charge >= 0.3 is 5.97 Å². The summed E-state index contributed by atoms with van der Waals surface area (Å²) in [6.45, 7) is 8.22. The number of likely N-dealkylation sites (tertiary alicyclic amines) is 1. The van der Waals surface area contributed by atoms with E-state index in [0.717, 1.165) is 37.2 Å². The Hall–Kier alpha value is -1.15. The molecule has 0 bridgehead atoms. The summed E-state index contributed by atoms with van der Waals surface area (Å²) < 4.78 is 37.8. The molecule has 0 aliphatic carbocycles. The number of aryl methyl sites for hydroxylation is 1. The van der Waals surface area contributed by atoms with Gasteiger partial charge in [-0.3, -0.25) is 9.35 Å². The molecule has 0 saturated carbocycles. The van der Waals surface area contributed by atoms with Crippen LogP contribution >= 0.6 is 22.6 Å². The van der Waals surface area contributed by atoms with Crippen molar-refractivity contribution in [2.75, 3.05) is 26.2 Å². The van der Waals surface area contributed by atoms with Crippen molar-refractivity contribution in [1.82, 2.24) is 4.90 Å². The largest absolute Gasteiger partial charge is 0.466 e. The van der Waals surface area contributed by atoms with Crippen LogP contribution in [-0.4, -0.2) is 50.1 Å². The zero-order valence-electron chi connectivity index (χ0n) is 20.6. The molecule has 1 unspecified atom stereocenters. The number of halogens is 1. The lowest BCUT2D eigenvalue weighted by atomic mass is 10.1. The molecule has 1 aliphatic heterocycles. The maximum atomic E-state index is 11.6. The molecule has 0 radical (unpaired) electrons. The number of carbonyl (C=O) groups is 1. The zero-order valence-corrected chi connectivity index (χ0v) is 23.6. The van der Waals surface area contributed by atoms with Gasteiger partial charge < -0.3 is 9.64 Å². The monoisotopic (exact) mass is 605 g/mol. The van der Waals surface area contributed by atoms with Gasteiger partial charge in [-0.15, -0.1) is 0 Å². The number of unbranched alkanes of at least 4 members (excludes halogenated alkanes) is 5. The molecule has 0 spiro atoms. The summed E-state index contributed by atoms with van der Waals surface area (Å²) >= 11 is 2.12. The first-order chi connectivity index (χ1) is 16.3. The predicted molar refractivity (Wildman–Crippen MR) is 146 cm³/mol. The van der Waals surface area contributed by atoms with Crippen LogP contribution in [0.4, 0.5) is 0 Å². The van der Waals surface area contributed by atoms with Crippen LogP contribution < -0.4 is 0 Å². The van der Waals surface area contributed by atoms with Crippen molar-refractivity contribution in [1.29, 1.82) is 0 Å². The van der Waals surface area contributed by atoms with Crippen LogP contribution in [0.1, 0.15) is 76.7 Å². The van der Waals surface area contributed by atoms with Crippen molar-refractivity contribution in [2.45, 2.75) is 83.0 Å². The zero-order chi connectivity index (χ0) is 25.2. The van der Waals surface area contributed by atoms with E-state index in [0.29, 0.717) is 13.0 Å². The molecular formula is C26H40INO5S. The number of rotatable bonds is 13. The Morgan fingerprint density at radius 3 is 2.50 bits per heavy atom. The minimum Gasteiger partial charge on any atom is -0.466 e. The maximum Gasteiger partial charge on any atom is 0.305 e. The van der Waals surface area contributed by atoms with Gasteiger partial charge in [0.15, 0.2) is 0 Å².